The number of methoxy groups -OCH3 is 2. The minimum absolute atomic E-state index is 0.0761. The molecule has 0 aromatic heterocycles. The van der Waals surface area contributed by atoms with Crippen LogP contribution in [0.25, 0.3) is 0 Å². The van der Waals surface area contributed by atoms with E-state index in [1.54, 1.807) is 43.4 Å². The fraction of sp³-hybridized carbons (Fsp3) is 0.364. The van der Waals surface area contributed by atoms with Crippen molar-refractivity contribution >= 4 is 29.1 Å². The zero-order chi connectivity index (χ0) is 21.7. The van der Waals surface area contributed by atoms with E-state index in [1.807, 2.05) is 19.1 Å². The van der Waals surface area contributed by atoms with Gasteiger partial charge in [0.15, 0.2) is 11.5 Å². The van der Waals surface area contributed by atoms with Crippen LogP contribution in [0.4, 0.5) is 5.69 Å². The van der Waals surface area contributed by atoms with Gasteiger partial charge in [0.05, 0.1) is 26.5 Å². The first kappa shape index (κ1) is 21.8. The Kier molecular flexibility index (Phi) is 7.05. The average molecular weight is 433 g/mol. The van der Waals surface area contributed by atoms with E-state index in [2.05, 4.69) is 5.32 Å². The van der Waals surface area contributed by atoms with Crippen LogP contribution in [0, 0.1) is 0 Å². The van der Waals surface area contributed by atoms with Gasteiger partial charge in [0.25, 0.3) is 0 Å². The highest BCUT2D eigenvalue weighted by atomic mass is 35.5. The highest BCUT2D eigenvalue weighted by Gasteiger charge is 2.28. The van der Waals surface area contributed by atoms with Gasteiger partial charge in [-0.25, -0.2) is 0 Å². The summed E-state index contributed by atoms with van der Waals surface area (Å²) in [7, 11) is 3.11. The van der Waals surface area contributed by atoms with Gasteiger partial charge in [-0.15, -0.1) is 0 Å². The third kappa shape index (κ3) is 4.97. The number of rotatable bonds is 7. The second-order valence-electron chi connectivity index (χ2n) is 6.97. The molecule has 1 N–H and O–H groups in total. The number of amides is 2. The number of para-hydroxylation sites is 1. The zero-order valence-corrected chi connectivity index (χ0v) is 18.0. The summed E-state index contributed by atoms with van der Waals surface area (Å²) in [6.45, 7) is 2.58. The largest absolute Gasteiger partial charge is 0.493 e. The molecule has 2 aromatic carbocycles. The molecule has 1 aliphatic heterocycles. The molecule has 1 aliphatic rings. The third-order valence-corrected chi connectivity index (χ3v) is 5.04. The Balaban J connectivity index is 1.58. The second-order valence-corrected chi connectivity index (χ2v) is 7.41. The standard InChI is InChI=1S/C22H25ClN2O5/c1-14-13-25(17-11-16(23)7-8-18(17)30-14)21(27)10-9-20(26)24-12-15-5-4-6-19(28-2)22(15)29-3/h4-8,11,14H,9-10,12-13H2,1-3H3,(H,24,26)/t14-/m0/s1. The van der Waals surface area contributed by atoms with Gasteiger partial charge in [0.1, 0.15) is 11.9 Å². The van der Waals surface area contributed by atoms with Crippen molar-refractivity contribution in [2.75, 3.05) is 25.7 Å². The smallest absolute Gasteiger partial charge is 0.227 e. The normalized spacial score (nSPS) is 15.1. The van der Waals surface area contributed by atoms with Crippen LogP contribution in [0.5, 0.6) is 17.2 Å². The third-order valence-electron chi connectivity index (χ3n) is 4.81. The first-order chi connectivity index (χ1) is 14.4. The minimum atomic E-state index is -0.221. The first-order valence-electron chi connectivity index (χ1n) is 9.66. The molecule has 3 rings (SSSR count). The molecule has 0 unspecified atom stereocenters. The summed E-state index contributed by atoms with van der Waals surface area (Å²) >= 11 is 6.08. The van der Waals surface area contributed by atoms with Crippen LogP contribution < -0.4 is 24.4 Å². The summed E-state index contributed by atoms with van der Waals surface area (Å²) in [5, 5.41) is 3.35. The number of nitrogens with zero attached hydrogens (tertiary/aromatic N) is 1. The maximum absolute atomic E-state index is 12.8. The van der Waals surface area contributed by atoms with E-state index in [1.165, 1.54) is 0 Å². The van der Waals surface area contributed by atoms with E-state index in [4.69, 9.17) is 25.8 Å². The average Bonchev–Trinajstić information content (AvgIpc) is 2.75. The number of benzene rings is 2. The monoisotopic (exact) mass is 432 g/mol. The lowest BCUT2D eigenvalue weighted by molar-refractivity contribution is -0.125. The molecule has 7 nitrogen and oxygen atoms in total. The summed E-state index contributed by atoms with van der Waals surface area (Å²) in [5.41, 5.74) is 1.43. The number of fused-ring (bicyclic) bond motifs is 1. The van der Waals surface area contributed by atoms with Crippen molar-refractivity contribution < 1.29 is 23.8 Å². The van der Waals surface area contributed by atoms with Gasteiger partial charge in [-0.05, 0) is 31.2 Å². The van der Waals surface area contributed by atoms with Crippen molar-refractivity contribution in [3.63, 3.8) is 0 Å². The topological polar surface area (TPSA) is 77.1 Å². The SMILES string of the molecule is COc1cccc(CNC(=O)CCC(=O)N2C[C@H](C)Oc3ccc(Cl)cc32)c1OC. The van der Waals surface area contributed by atoms with Crippen LogP contribution in [0.3, 0.4) is 0 Å². The van der Waals surface area contributed by atoms with Gasteiger partial charge < -0.3 is 24.4 Å². The molecular weight excluding hydrogens is 408 g/mol. The molecule has 2 aromatic rings. The zero-order valence-electron chi connectivity index (χ0n) is 17.2. The highest BCUT2D eigenvalue weighted by molar-refractivity contribution is 6.31. The Morgan fingerprint density at radius 2 is 2.00 bits per heavy atom. The predicted molar refractivity (Wildman–Crippen MR) is 115 cm³/mol. The maximum Gasteiger partial charge on any atom is 0.227 e. The number of anilines is 1. The number of ether oxygens (including phenoxy) is 3. The van der Waals surface area contributed by atoms with Crippen molar-refractivity contribution in [3.8, 4) is 17.2 Å². The maximum atomic E-state index is 12.8. The van der Waals surface area contributed by atoms with Crippen molar-refractivity contribution in [1.82, 2.24) is 5.32 Å². The molecule has 0 saturated heterocycles. The van der Waals surface area contributed by atoms with E-state index in [9.17, 15) is 9.59 Å². The number of halogens is 1. The van der Waals surface area contributed by atoms with E-state index >= 15 is 0 Å². The molecule has 0 saturated carbocycles. The van der Waals surface area contributed by atoms with Gasteiger partial charge >= 0.3 is 0 Å². The highest BCUT2D eigenvalue weighted by Crippen LogP contribution is 2.36. The molecule has 0 aliphatic carbocycles. The van der Waals surface area contributed by atoms with Gasteiger partial charge in [0.2, 0.25) is 11.8 Å². The van der Waals surface area contributed by atoms with E-state index in [-0.39, 0.29) is 37.3 Å². The molecule has 0 spiro atoms. The molecule has 2 amide bonds. The first-order valence-corrected chi connectivity index (χ1v) is 10.0. The molecule has 1 heterocycles. The Morgan fingerprint density at radius 1 is 1.20 bits per heavy atom. The summed E-state index contributed by atoms with van der Waals surface area (Å²) in [5.74, 6) is 1.41. The van der Waals surface area contributed by atoms with Gasteiger partial charge in [0, 0.05) is 30.0 Å². The lowest BCUT2D eigenvalue weighted by Gasteiger charge is -2.33. The Hall–Kier alpha value is -2.93. The van der Waals surface area contributed by atoms with Crippen molar-refractivity contribution in [2.24, 2.45) is 0 Å². The summed E-state index contributed by atoms with van der Waals surface area (Å²) in [6, 6.07) is 10.6. The molecule has 8 heteroatoms. The molecular formula is C22H25ClN2O5. The molecule has 30 heavy (non-hydrogen) atoms. The predicted octanol–water partition coefficient (Wildman–Crippen LogP) is 3.57. The van der Waals surface area contributed by atoms with Gasteiger partial charge in [-0.3, -0.25) is 9.59 Å². The fourth-order valence-corrected chi connectivity index (χ4v) is 3.54. The number of carbonyl (C=O) groups excluding carboxylic acids is 2. The van der Waals surface area contributed by atoms with Gasteiger partial charge in [-0.1, -0.05) is 23.7 Å². The minimum Gasteiger partial charge on any atom is -0.493 e. The number of carbonyl (C=O) groups is 2. The number of nitrogens with one attached hydrogen (secondary N) is 1. The van der Waals surface area contributed by atoms with E-state index in [0.29, 0.717) is 34.5 Å². The van der Waals surface area contributed by atoms with Crippen LogP contribution in [0.2, 0.25) is 5.02 Å². The van der Waals surface area contributed by atoms with E-state index < -0.39 is 0 Å². The number of hydrogen-bond acceptors (Lipinski definition) is 5. The fourth-order valence-electron chi connectivity index (χ4n) is 3.38. The van der Waals surface area contributed by atoms with Crippen LogP contribution >= 0.6 is 11.6 Å². The van der Waals surface area contributed by atoms with Crippen LogP contribution in [0.1, 0.15) is 25.3 Å². The number of hydrogen-bond donors (Lipinski definition) is 1. The van der Waals surface area contributed by atoms with E-state index in [0.717, 1.165) is 5.56 Å². The van der Waals surface area contributed by atoms with Crippen molar-refractivity contribution in [3.05, 3.63) is 47.0 Å². The van der Waals surface area contributed by atoms with Crippen LogP contribution in [-0.2, 0) is 16.1 Å². The lowest BCUT2D eigenvalue weighted by Crippen LogP contribution is -2.42. The summed E-state index contributed by atoms with van der Waals surface area (Å²) in [4.78, 5) is 26.7. The molecule has 0 bridgehead atoms. The second kappa shape index (κ2) is 9.71. The molecule has 1 atom stereocenters. The summed E-state index contributed by atoms with van der Waals surface area (Å²) < 4.78 is 16.4. The van der Waals surface area contributed by atoms with Gasteiger partial charge in [-0.2, -0.15) is 0 Å². The summed E-state index contributed by atoms with van der Waals surface area (Å²) in [6.07, 6.45) is 0.0175. The molecule has 0 fully saturated rings. The Labute approximate surface area is 180 Å². The van der Waals surface area contributed by atoms with Crippen molar-refractivity contribution in [1.29, 1.82) is 0 Å². The van der Waals surface area contributed by atoms with Crippen LogP contribution in [-0.4, -0.2) is 38.7 Å². The Bertz CT molecular complexity index is 934. The van der Waals surface area contributed by atoms with Crippen molar-refractivity contribution in [2.45, 2.75) is 32.4 Å². The molecule has 160 valence electrons. The quantitative estimate of drug-likeness (QED) is 0.723. The van der Waals surface area contributed by atoms with Crippen LogP contribution in [0.15, 0.2) is 36.4 Å². The lowest BCUT2D eigenvalue weighted by atomic mass is 10.1. The Morgan fingerprint density at radius 3 is 2.73 bits per heavy atom. The molecule has 0 radical (unpaired) electrons.